The van der Waals surface area contributed by atoms with Crippen LogP contribution in [0.1, 0.15) is 127 Å². The van der Waals surface area contributed by atoms with E-state index in [2.05, 4.69) is 57.8 Å². The van der Waals surface area contributed by atoms with Gasteiger partial charge in [0.05, 0.1) is 48.8 Å². The van der Waals surface area contributed by atoms with Crippen LogP contribution in [-0.2, 0) is 36.5 Å². The molecule has 11 nitrogen and oxygen atoms in total. The Balaban J connectivity index is 0.000000155. The second-order valence-electron chi connectivity index (χ2n) is 21.5. The molecule has 7 atom stereocenters. The standard InChI is InChI=1S/C21H17NO2.C17H15NO2.C13H13NO2.2C8H8O.C4H6.3CH4/c1-21-13-24-20(14-7-3-2-4-8-14)22(21)19(23)17-11-15-9-5-6-10-16(15)12-18(17)21;1-17-11-20-16(12-7-3-2-4-8-12)18(17)15(19)13-9-5-6-10-14(13)17;1-13-8-7-11(15)14(13)12(16-9-13)10-5-3-2-4-6-10;9-8-5-6-3-1-2-4-7(6)8;1-7-4-2-3-5-8(7)6-9;1-3-4-2;;;/h2-12,20H,13H2,1H3;2-10,16H,11H2,1H3;2-8,12H,9H2,1H3;1-4,8-9H,5H2;2-6,9H,1H2;3-4H,1-2H2;3*1H4/b;;;;8-6+;;;;/t20-,21-;16-,17-;12-,13+;;;;;;/m000....../s1. The summed E-state index contributed by atoms with van der Waals surface area (Å²) in [5, 5.41) is 21.5. The third kappa shape index (κ3) is 12.3. The molecule has 1 unspecified atom stereocenters. The number of allylic oxidation sites excluding steroid dienone is 2. The lowest BCUT2D eigenvalue weighted by atomic mass is 9.86. The van der Waals surface area contributed by atoms with Gasteiger partial charge in [-0.15, -0.1) is 0 Å². The number of nitrogens with zero attached hydrogens (tertiary/aromatic N) is 3. The molecule has 6 aliphatic heterocycles. The average Bonchev–Trinajstić information content (AvgIpc) is 1.61. The summed E-state index contributed by atoms with van der Waals surface area (Å²) < 4.78 is 17.7. The fourth-order valence-corrected chi connectivity index (χ4v) is 11.6. The molecule has 3 saturated heterocycles. The van der Waals surface area contributed by atoms with Crippen molar-refractivity contribution in [1.82, 2.24) is 14.7 Å². The van der Waals surface area contributed by atoms with Crippen molar-refractivity contribution in [3.63, 3.8) is 0 Å². The Hall–Kier alpha value is -8.97. The molecule has 11 heteroatoms. The number of hydrogen-bond donors (Lipinski definition) is 2. The van der Waals surface area contributed by atoms with Crippen molar-refractivity contribution < 1.29 is 38.8 Å². The third-order valence-electron chi connectivity index (χ3n) is 16.0. The average molecular weight is 1140 g/mol. The molecule has 6 heterocycles. The van der Waals surface area contributed by atoms with Gasteiger partial charge >= 0.3 is 0 Å². The molecule has 2 N–H and O–H groups in total. The van der Waals surface area contributed by atoms with Crippen LogP contribution in [0.5, 0.6) is 0 Å². The van der Waals surface area contributed by atoms with Crippen molar-refractivity contribution >= 4 is 41.3 Å². The predicted molar refractivity (Wildman–Crippen MR) is 341 cm³/mol. The van der Waals surface area contributed by atoms with Gasteiger partial charge in [-0.25, -0.2) is 0 Å². The minimum atomic E-state index is -0.406. The van der Waals surface area contributed by atoms with Crippen LogP contribution in [0.3, 0.4) is 0 Å². The smallest absolute Gasteiger partial charge is 0.257 e. The number of rotatable bonds is 4. The minimum Gasteiger partial charge on any atom is -0.515 e. The molecule has 15 rings (SSSR count). The second kappa shape index (κ2) is 27.2. The van der Waals surface area contributed by atoms with E-state index in [0.717, 1.165) is 78.4 Å². The highest BCUT2D eigenvalue weighted by Crippen LogP contribution is 2.52. The summed E-state index contributed by atoms with van der Waals surface area (Å²) in [5.41, 5.74) is 8.21. The van der Waals surface area contributed by atoms with E-state index in [1.54, 1.807) is 18.2 Å². The molecule has 0 aromatic heterocycles. The molecule has 8 aromatic carbocycles. The van der Waals surface area contributed by atoms with E-state index < -0.39 is 5.54 Å². The molecule has 438 valence electrons. The van der Waals surface area contributed by atoms with Gasteiger partial charge in [-0.1, -0.05) is 242 Å². The van der Waals surface area contributed by atoms with Crippen molar-refractivity contribution in [2.75, 3.05) is 19.8 Å². The number of carbonyl (C=O) groups excluding carboxylic acids is 3. The van der Waals surface area contributed by atoms with Crippen molar-refractivity contribution in [3.8, 4) is 0 Å². The molecular formula is C74H79N3O8. The van der Waals surface area contributed by atoms with Gasteiger partial charge in [0, 0.05) is 45.5 Å². The monoisotopic (exact) mass is 1140 g/mol. The van der Waals surface area contributed by atoms with E-state index in [1.807, 2.05) is 204 Å². The van der Waals surface area contributed by atoms with Gasteiger partial charge in [0.25, 0.3) is 11.8 Å². The van der Waals surface area contributed by atoms with Gasteiger partial charge in [-0.3, -0.25) is 29.1 Å². The zero-order valence-electron chi connectivity index (χ0n) is 46.4. The Labute approximate surface area is 501 Å². The van der Waals surface area contributed by atoms with E-state index in [-0.39, 0.29) is 75.9 Å². The molecular weight excluding hydrogens is 1060 g/mol. The number of benzene rings is 8. The summed E-state index contributed by atoms with van der Waals surface area (Å²) in [4.78, 5) is 43.3. The molecule has 0 spiro atoms. The lowest BCUT2D eigenvalue weighted by molar-refractivity contribution is -0.132. The fraction of sp³-hybridized carbons (Fsp3) is 0.230. The predicted octanol–water partition coefficient (Wildman–Crippen LogP) is 14.1. The number of ether oxygens (including phenoxy) is 3. The zero-order chi connectivity index (χ0) is 57.6. The van der Waals surface area contributed by atoms with Crippen LogP contribution in [0.4, 0.5) is 0 Å². The minimum absolute atomic E-state index is 0. The molecule has 8 aromatic rings. The number of aliphatic hydroxyl groups is 2. The van der Waals surface area contributed by atoms with Crippen molar-refractivity contribution in [3.05, 3.63) is 298 Å². The van der Waals surface area contributed by atoms with Gasteiger partial charge in [0.15, 0.2) is 18.7 Å². The highest BCUT2D eigenvalue weighted by atomic mass is 16.5. The van der Waals surface area contributed by atoms with Crippen LogP contribution in [0.15, 0.2) is 238 Å². The van der Waals surface area contributed by atoms with Crippen LogP contribution >= 0.6 is 0 Å². The highest BCUT2D eigenvalue weighted by molar-refractivity contribution is 6.04. The summed E-state index contributed by atoms with van der Waals surface area (Å²) in [7, 11) is 0. The lowest BCUT2D eigenvalue weighted by Crippen LogP contribution is -2.41. The van der Waals surface area contributed by atoms with Crippen molar-refractivity contribution in [1.29, 1.82) is 0 Å². The molecule has 1 aliphatic carbocycles. The lowest BCUT2D eigenvalue weighted by Gasteiger charge is -2.30. The fourth-order valence-electron chi connectivity index (χ4n) is 11.6. The van der Waals surface area contributed by atoms with Crippen LogP contribution in [0.25, 0.3) is 23.6 Å². The summed E-state index contributed by atoms with van der Waals surface area (Å²) in [5.74, 6) is 0.160. The Morgan fingerprint density at radius 1 is 0.518 bits per heavy atom. The Morgan fingerprint density at radius 2 is 0.965 bits per heavy atom. The van der Waals surface area contributed by atoms with Gasteiger partial charge in [-0.2, -0.15) is 0 Å². The molecule has 0 radical (unpaired) electrons. The first-order valence-corrected chi connectivity index (χ1v) is 27.4. The normalized spacial score (nSPS) is 23.5. The SMILES string of the molecule is C.C.C.C=CC=C.C=c1cccc/c1=C\O.C[C@@]12CO[C@@H](c3ccccc3)N1C(=O)c1cc3ccccc3cc12.C[C@@]12CO[C@@H](c3ccccc3)N1C(=O)c1ccccc12.C[C@]12C=CC(=O)N1[C@H](c1ccccc1)OC2.OC1Cc2ccccc21. The molecule has 85 heavy (non-hydrogen) atoms. The summed E-state index contributed by atoms with van der Waals surface area (Å²) in [6.45, 7) is 18.3. The molecule has 0 bridgehead atoms. The Bertz CT molecular complexity index is 3790. The maximum Gasteiger partial charge on any atom is 0.257 e. The summed E-state index contributed by atoms with van der Waals surface area (Å²) >= 11 is 0. The van der Waals surface area contributed by atoms with Crippen LogP contribution in [0.2, 0.25) is 0 Å². The van der Waals surface area contributed by atoms with Gasteiger partial charge in [0.2, 0.25) is 5.91 Å². The zero-order valence-corrected chi connectivity index (χ0v) is 46.4. The van der Waals surface area contributed by atoms with Gasteiger partial charge < -0.3 is 24.4 Å². The maximum absolute atomic E-state index is 13.2. The Morgan fingerprint density at radius 3 is 1.47 bits per heavy atom. The first kappa shape index (κ1) is 63.6. The first-order valence-electron chi connectivity index (χ1n) is 27.4. The first-order chi connectivity index (χ1) is 39.7. The highest BCUT2D eigenvalue weighted by Gasteiger charge is 2.56. The topological polar surface area (TPSA) is 129 Å². The largest absolute Gasteiger partial charge is 0.515 e. The van der Waals surface area contributed by atoms with Crippen LogP contribution in [-0.4, -0.2) is 68.0 Å². The third-order valence-corrected chi connectivity index (χ3v) is 16.0. The van der Waals surface area contributed by atoms with Crippen LogP contribution in [0, 0.1) is 0 Å². The maximum atomic E-state index is 13.2. The van der Waals surface area contributed by atoms with Gasteiger partial charge in [0.1, 0.15) is 0 Å². The van der Waals surface area contributed by atoms with Crippen molar-refractivity contribution in [2.24, 2.45) is 0 Å². The Kier molecular flexibility index (Phi) is 20.3. The number of fused-ring (bicyclic) bond motifs is 9. The molecule has 7 aliphatic rings. The number of aliphatic hydroxyl groups excluding tert-OH is 2. The van der Waals surface area contributed by atoms with E-state index in [0.29, 0.717) is 19.8 Å². The number of amides is 3. The van der Waals surface area contributed by atoms with E-state index in [4.69, 9.17) is 24.4 Å². The van der Waals surface area contributed by atoms with Gasteiger partial charge in [-0.05, 0) is 77.2 Å². The number of carbonyl (C=O) groups is 3. The molecule has 3 amide bonds. The van der Waals surface area contributed by atoms with Crippen LogP contribution < -0.4 is 10.4 Å². The molecule has 0 saturated carbocycles. The van der Waals surface area contributed by atoms with E-state index in [1.165, 1.54) is 5.56 Å². The quantitative estimate of drug-likeness (QED) is 0.167. The summed E-state index contributed by atoms with van der Waals surface area (Å²) in [6, 6.07) is 65.4. The van der Waals surface area contributed by atoms with Crippen molar-refractivity contribution in [2.45, 2.75) is 90.9 Å². The summed E-state index contributed by atoms with van der Waals surface area (Å²) in [6.07, 6.45) is 7.71. The molecule has 3 fully saturated rings. The second-order valence-corrected chi connectivity index (χ2v) is 21.5. The number of hydrogen-bond acceptors (Lipinski definition) is 8. The van der Waals surface area contributed by atoms with E-state index >= 15 is 0 Å². The van der Waals surface area contributed by atoms with E-state index in [9.17, 15) is 14.4 Å².